The van der Waals surface area contributed by atoms with Crippen LogP contribution >= 0.6 is 0 Å². The van der Waals surface area contributed by atoms with Crippen molar-refractivity contribution in [1.29, 1.82) is 0 Å². The van der Waals surface area contributed by atoms with Crippen molar-refractivity contribution >= 4 is 53.6 Å². The van der Waals surface area contributed by atoms with Gasteiger partial charge in [0.2, 0.25) is 5.95 Å². The molecule has 2 aromatic rings. The summed E-state index contributed by atoms with van der Waals surface area (Å²) in [5, 5.41) is 1.32. The second-order valence-corrected chi connectivity index (χ2v) is 6.03. The number of hydrogen-bond acceptors (Lipinski definition) is 7. The van der Waals surface area contributed by atoms with Crippen molar-refractivity contribution < 1.29 is 16.8 Å². The van der Waals surface area contributed by atoms with E-state index in [4.69, 9.17) is 25.3 Å². The second kappa shape index (κ2) is 11.3. The molecule has 0 amide bonds. The third kappa shape index (κ3) is 6.49. The van der Waals surface area contributed by atoms with Crippen LogP contribution in [0.15, 0.2) is 21.4 Å². The molecule has 0 unspecified atom stereocenters. The summed E-state index contributed by atoms with van der Waals surface area (Å²) in [5.41, 5.74) is 0.404. The standard InChI is InChI=1S/C12H14N6OS2.C5H5.Co/c1-17(2)6-14-12-16-10-9(11(19)18(12)3)15-7(4-13-10)8(21)5-20;1-2-4-5-3-1;/h4-6,20-21H,1-3H3;1-5H;/q;;+3/p-2/b8-5-,14-6+;;. The molecular formula is C17H17CoN6OS2+. The van der Waals surface area contributed by atoms with Crippen LogP contribution in [0.5, 0.6) is 0 Å². The van der Waals surface area contributed by atoms with Gasteiger partial charge in [-0.15, -0.1) is 0 Å². The molecule has 27 heavy (non-hydrogen) atoms. The Labute approximate surface area is 180 Å². The molecule has 0 spiro atoms. The van der Waals surface area contributed by atoms with E-state index in [0.717, 1.165) is 0 Å². The first kappa shape index (κ1) is 23.4. The number of fused-ring (bicyclic) bond motifs is 1. The zero-order chi connectivity index (χ0) is 19.1. The van der Waals surface area contributed by atoms with Crippen molar-refractivity contribution in [2.45, 2.75) is 0 Å². The fraction of sp³-hybridized carbons (Fsp3) is 0.176. The van der Waals surface area contributed by atoms with Crippen LogP contribution in [0.3, 0.4) is 0 Å². The maximum atomic E-state index is 12.3. The predicted octanol–water partition coefficient (Wildman–Crippen LogP) is 1.36. The zero-order valence-corrected chi connectivity index (χ0v) is 17.5. The first-order valence-corrected chi connectivity index (χ1v) is 8.42. The topological polar surface area (TPSA) is 76.3 Å². The molecule has 2 aromatic heterocycles. The van der Waals surface area contributed by atoms with Gasteiger partial charge in [0.05, 0.1) is 18.2 Å². The number of hydrogen-bond donors (Lipinski definition) is 0. The molecule has 1 fully saturated rings. The van der Waals surface area contributed by atoms with Crippen LogP contribution in [0, 0.1) is 32.1 Å². The van der Waals surface area contributed by atoms with Crippen LogP contribution in [0.25, 0.3) is 16.1 Å². The molecule has 10 heteroatoms. The third-order valence-corrected chi connectivity index (χ3v) is 3.80. The zero-order valence-electron chi connectivity index (χ0n) is 14.9. The Kier molecular flexibility index (Phi) is 9.78. The van der Waals surface area contributed by atoms with Crippen molar-refractivity contribution in [2.75, 3.05) is 14.1 Å². The van der Waals surface area contributed by atoms with Gasteiger partial charge in [0.25, 0.3) is 5.56 Å². The Hall–Kier alpha value is -1.62. The smallest absolute Gasteiger partial charge is 0.789 e. The maximum absolute atomic E-state index is 12.3. The SMILES string of the molecule is CN(C)/C=N/c1nc2ncc(/C([S-])=C/[S-])nc2c(=O)n1C.[CH]1[CH][CH][CH][CH]1.[Co+3]. The summed E-state index contributed by atoms with van der Waals surface area (Å²) in [4.78, 5) is 31.0. The fourth-order valence-electron chi connectivity index (χ4n) is 1.81. The van der Waals surface area contributed by atoms with Crippen LogP contribution in [0.1, 0.15) is 5.69 Å². The van der Waals surface area contributed by atoms with Crippen molar-refractivity contribution in [2.24, 2.45) is 12.0 Å². The summed E-state index contributed by atoms with van der Waals surface area (Å²) in [7, 11) is 5.21. The molecule has 1 aliphatic carbocycles. The van der Waals surface area contributed by atoms with Gasteiger partial charge < -0.3 is 30.2 Å². The summed E-state index contributed by atoms with van der Waals surface area (Å²) in [6.45, 7) is 0. The Morgan fingerprint density at radius 1 is 1.19 bits per heavy atom. The van der Waals surface area contributed by atoms with Crippen molar-refractivity contribution in [1.82, 2.24) is 24.4 Å². The van der Waals surface area contributed by atoms with E-state index in [9.17, 15) is 4.79 Å². The molecule has 0 atom stereocenters. The van der Waals surface area contributed by atoms with E-state index in [1.165, 1.54) is 16.2 Å². The Balaban J connectivity index is 0.000000526. The largest absolute Gasteiger partial charge is 3.00 e. The summed E-state index contributed by atoms with van der Waals surface area (Å²) in [5.74, 6) is 0.251. The first-order chi connectivity index (χ1) is 12.4. The van der Waals surface area contributed by atoms with E-state index in [-0.39, 0.29) is 39.5 Å². The van der Waals surface area contributed by atoms with E-state index in [0.29, 0.717) is 10.6 Å². The quantitative estimate of drug-likeness (QED) is 0.402. The van der Waals surface area contributed by atoms with Gasteiger partial charge in [-0.25, -0.2) is 20.4 Å². The molecule has 0 saturated heterocycles. The molecule has 7 nitrogen and oxygen atoms in total. The molecule has 141 valence electrons. The fourth-order valence-corrected chi connectivity index (χ4v) is 2.03. The number of nitrogens with zero attached hydrogens (tertiary/aromatic N) is 6. The number of rotatable bonds is 3. The van der Waals surface area contributed by atoms with Crippen molar-refractivity contribution in [3.8, 4) is 0 Å². The predicted molar refractivity (Wildman–Crippen MR) is 109 cm³/mol. The maximum Gasteiger partial charge on any atom is 3.00 e. The van der Waals surface area contributed by atoms with E-state index >= 15 is 0 Å². The van der Waals surface area contributed by atoms with Crippen LogP contribution < -0.4 is 5.56 Å². The minimum atomic E-state index is -0.340. The van der Waals surface area contributed by atoms with Crippen LogP contribution in [0.4, 0.5) is 5.95 Å². The van der Waals surface area contributed by atoms with Gasteiger partial charge in [0.15, 0.2) is 11.2 Å². The van der Waals surface area contributed by atoms with Crippen LogP contribution in [0.2, 0.25) is 0 Å². The van der Waals surface area contributed by atoms with Gasteiger partial charge in [-0.3, -0.25) is 9.36 Å². The van der Waals surface area contributed by atoms with Gasteiger partial charge in [-0.2, -0.15) is 9.89 Å². The second-order valence-electron chi connectivity index (χ2n) is 5.36. The molecule has 0 bridgehead atoms. The van der Waals surface area contributed by atoms with Crippen molar-refractivity contribution in [3.05, 3.63) is 59.8 Å². The van der Waals surface area contributed by atoms with Gasteiger partial charge in [0.1, 0.15) is 0 Å². The van der Waals surface area contributed by atoms with E-state index < -0.39 is 0 Å². The molecule has 0 aliphatic heterocycles. The number of aliphatic imine (C=N–C) groups is 1. The normalized spacial score (nSPS) is 14.0. The van der Waals surface area contributed by atoms with E-state index in [1.807, 2.05) is 46.2 Å². The Morgan fingerprint density at radius 3 is 2.30 bits per heavy atom. The summed E-state index contributed by atoms with van der Waals surface area (Å²) in [6.07, 6.45) is 13.0. The summed E-state index contributed by atoms with van der Waals surface area (Å²) < 4.78 is 1.31. The van der Waals surface area contributed by atoms with Gasteiger partial charge in [-0.05, 0) is 32.1 Å². The molecule has 0 N–H and O–H groups in total. The average Bonchev–Trinajstić information content (AvgIpc) is 3.22. The molecule has 1 saturated carbocycles. The molecular weight excluding hydrogens is 427 g/mol. The number of aromatic nitrogens is 4. The van der Waals surface area contributed by atoms with Crippen LogP contribution in [-0.2, 0) is 49.1 Å². The summed E-state index contributed by atoms with van der Waals surface area (Å²) in [6, 6.07) is 0. The Morgan fingerprint density at radius 2 is 1.78 bits per heavy atom. The van der Waals surface area contributed by atoms with E-state index in [1.54, 1.807) is 18.3 Å². The minimum absolute atomic E-state index is 0. The first-order valence-electron chi connectivity index (χ1n) is 7.54. The molecule has 2 heterocycles. The van der Waals surface area contributed by atoms with Crippen LogP contribution in [-0.4, -0.2) is 44.9 Å². The minimum Gasteiger partial charge on any atom is -0.789 e. The van der Waals surface area contributed by atoms with Gasteiger partial charge in [0, 0.05) is 21.1 Å². The van der Waals surface area contributed by atoms with Crippen molar-refractivity contribution in [3.63, 3.8) is 0 Å². The average molecular weight is 444 g/mol. The molecule has 0 aromatic carbocycles. The third-order valence-electron chi connectivity index (χ3n) is 3.09. The summed E-state index contributed by atoms with van der Waals surface area (Å²) >= 11 is 9.80. The molecule has 5 radical (unpaired) electrons. The monoisotopic (exact) mass is 444 g/mol. The van der Waals surface area contributed by atoms with Gasteiger partial charge in [-0.1, -0.05) is 0 Å². The molecule has 3 rings (SSSR count). The van der Waals surface area contributed by atoms with E-state index in [2.05, 4.69) is 19.9 Å². The Bertz CT molecular complexity index is 870. The molecule has 1 aliphatic rings. The van der Waals surface area contributed by atoms with Gasteiger partial charge >= 0.3 is 16.8 Å².